The third kappa shape index (κ3) is 5.49. The normalized spacial score (nSPS) is 13.1. The van der Waals surface area contributed by atoms with Crippen LogP contribution in [0.25, 0.3) is 17.0 Å². The number of rotatable bonds is 6. The summed E-state index contributed by atoms with van der Waals surface area (Å²) in [5.41, 5.74) is 6.97. The Morgan fingerprint density at radius 2 is 1.48 bits per heavy atom. The zero-order valence-electron chi connectivity index (χ0n) is 17.2. The molecular formula is C27H26N2. The molecule has 29 heavy (non-hydrogen) atoms. The maximum atomic E-state index is 4.99. The van der Waals surface area contributed by atoms with Gasteiger partial charge in [0.2, 0.25) is 0 Å². The van der Waals surface area contributed by atoms with E-state index in [1.165, 1.54) is 0 Å². The van der Waals surface area contributed by atoms with Crippen molar-refractivity contribution >= 4 is 11.4 Å². The number of aromatic nitrogens is 1. The summed E-state index contributed by atoms with van der Waals surface area (Å²) in [6, 6.07) is 26.6. The van der Waals surface area contributed by atoms with Crippen molar-refractivity contribution in [3.63, 3.8) is 0 Å². The van der Waals surface area contributed by atoms with Crippen LogP contribution in [-0.2, 0) is 0 Å². The van der Waals surface area contributed by atoms with Crippen LogP contribution >= 0.6 is 0 Å². The quantitative estimate of drug-likeness (QED) is 0.331. The Balaban J connectivity index is 2.03. The first-order valence-corrected chi connectivity index (χ1v) is 9.83. The molecule has 3 aromatic rings. The monoisotopic (exact) mass is 378 g/mol. The Hall–Kier alpha value is -3.52. The molecule has 2 nitrogen and oxygen atoms in total. The zero-order chi connectivity index (χ0) is 20.5. The van der Waals surface area contributed by atoms with Crippen molar-refractivity contribution in [2.75, 3.05) is 0 Å². The van der Waals surface area contributed by atoms with Gasteiger partial charge in [-0.05, 0) is 38.5 Å². The van der Waals surface area contributed by atoms with E-state index in [1.54, 1.807) is 0 Å². The summed E-state index contributed by atoms with van der Waals surface area (Å²) in [6.07, 6.45) is 8.16. The molecule has 0 saturated carbocycles. The first kappa shape index (κ1) is 20.2. The van der Waals surface area contributed by atoms with Gasteiger partial charge in [-0.1, -0.05) is 91.0 Å². The molecule has 0 aliphatic carbocycles. The third-order valence-corrected chi connectivity index (χ3v) is 4.54. The highest BCUT2D eigenvalue weighted by Gasteiger charge is 2.07. The summed E-state index contributed by atoms with van der Waals surface area (Å²) in [7, 11) is 0. The van der Waals surface area contributed by atoms with Gasteiger partial charge in [-0.15, -0.1) is 0 Å². The van der Waals surface area contributed by atoms with E-state index in [4.69, 9.17) is 9.98 Å². The SMILES string of the molecule is C\C=C/C=C\C(C)=C(\N=C(/C)c1cccc(-c2ccccc2)n1)c1ccccc1. The van der Waals surface area contributed by atoms with E-state index in [9.17, 15) is 0 Å². The van der Waals surface area contributed by atoms with Gasteiger partial charge in [0.1, 0.15) is 0 Å². The van der Waals surface area contributed by atoms with E-state index >= 15 is 0 Å². The highest BCUT2D eigenvalue weighted by molar-refractivity contribution is 6.01. The minimum absolute atomic E-state index is 0.880. The molecule has 0 bridgehead atoms. The number of pyridine rings is 1. The molecule has 0 amide bonds. The Morgan fingerprint density at radius 1 is 0.793 bits per heavy atom. The Labute approximate surface area is 173 Å². The standard InChI is InChI=1S/C27H26N2/c1-4-5-8-14-21(2)27(24-17-11-7-12-18-24)28-22(3)25-19-13-20-26(29-25)23-15-9-6-10-16-23/h4-20H,1-3H3/b5-4-,14-8-,27-21+,28-22+. The van der Waals surface area contributed by atoms with Crippen LogP contribution in [0.4, 0.5) is 0 Å². The highest BCUT2D eigenvalue weighted by atomic mass is 14.8. The van der Waals surface area contributed by atoms with Gasteiger partial charge in [-0.3, -0.25) is 4.99 Å². The second-order valence-corrected chi connectivity index (χ2v) is 6.75. The minimum atomic E-state index is 0.880. The molecule has 0 N–H and O–H groups in total. The van der Waals surface area contributed by atoms with Crippen LogP contribution in [-0.4, -0.2) is 10.7 Å². The van der Waals surface area contributed by atoms with Crippen molar-refractivity contribution < 1.29 is 0 Å². The van der Waals surface area contributed by atoms with E-state index in [2.05, 4.69) is 37.3 Å². The van der Waals surface area contributed by atoms with Gasteiger partial charge in [0.05, 0.1) is 22.8 Å². The number of nitrogens with zero attached hydrogens (tertiary/aromatic N) is 2. The molecule has 0 aliphatic heterocycles. The van der Waals surface area contributed by atoms with Gasteiger partial charge in [0, 0.05) is 11.1 Å². The fourth-order valence-corrected chi connectivity index (χ4v) is 3.00. The van der Waals surface area contributed by atoms with E-state index < -0.39 is 0 Å². The van der Waals surface area contributed by atoms with E-state index in [0.717, 1.165) is 39.5 Å². The van der Waals surface area contributed by atoms with Gasteiger partial charge in [-0.25, -0.2) is 4.98 Å². The highest BCUT2D eigenvalue weighted by Crippen LogP contribution is 2.23. The average molecular weight is 379 g/mol. The molecule has 1 aromatic heterocycles. The Morgan fingerprint density at radius 3 is 2.17 bits per heavy atom. The van der Waals surface area contributed by atoms with E-state index in [0.29, 0.717) is 0 Å². The van der Waals surface area contributed by atoms with Gasteiger partial charge in [0.25, 0.3) is 0 Å². The van der Waals surface area contributed by atoms with Gasteiger partial charge in [0.15, 0.2) is 0 Å². The maximum absolute atomic E-state index is 4.99. The lowest BCUT2D eigenvalue weighted by molar-refractivity contribution is 1.27. The largest absolute Gasteiger partial charge is 0.251 e. The van der Waals surface area contributed by atoms with Crippen molar-refractivity contribution in [2.45, 2.75) is 20.8 Å². The molecule has 0 unspecified atom stereocenters. The zero-order valence-corrected chi connectivity index (χ0v) is 17.2. The van der Waals surface area contributed by atoms with Crippen molar-refractivity contribution in [3.8, 4) is 11.3 Å². The molecule has 2 heteroatoms. The second kappa shape index (κ2) is 10.1. The van der Waals surface area contributed by atoms with E-state index in [-0.39, 0.29) is 0 Å². The average Bonchev–Trinajstić information content (AvgIpc) is 2.78. The molecule has 0 saturated heterocycles. The van der Waals surface area contributed by atoms with Crippen LogP contribution in [0.1, 0.15) is 32.0 Å². The number of hydrogen-bond acceptors (Lipinski definition) is 2. The molecule has 0 spiro atoms. The summed E-state index contributed by atoms with van der Waals surface area (Å²) < 4.78 is 0. The van der Waals surface area contributed by atoms with Crippen LogP contribution in [0.5, 0.6) is 0 Å². The molecule has 3 rings (SSSR count). The second-order valence-electron chi connectivity index (χ2n) is 6.75. The summed E-state index contributed by atoms with van der Waals surface area (Å²) in [5, 5.41) is 0. The number of aliphatic imine (C=N–C) groups is 1. The molecule has 0 radical (unpaired) electrons. The fourth-order valence-electron chi connectivity index (χ4n) is 3.00. The lowest BCUT2D eigenvalue weighted by Crippen LogP contribution is -2.01. The van der Waals surface area contributed by atoms with Crippen molar-refractivity contribution in [2.24, 2.45) is 4.99 Å². The van der Waals surface area contributed by atoms with Crippen LogP contribution in [0, 0.1) is 0 Å². The lowest BCUT2D eigenvalue weighted by atomic mass is 10.1. The summed E-state index contributed by atoms with van der Waals surface area (Å²) in [6.45, 7) is 6.12. The number of benzene rings is 2. The van der Waals surface area contributed by atoms with Gasteiger partial charge >= 0.3 is 0 Å². The summed E-state index contributed by atoms with van der Waals surface area (Å²) >= 11 is 0. The lowest BCUT2D eigenvalue weighted by Gasteiger charge is -2.09. The fraction of sp³-hybridized carbons (Fsp3) is 0.111. The molecule has 0 fully saturated rings. The minimum Gasteiger partial charge on any atom is -0.251 e. The van der Waals surface area contributed by atoms with Crippen LogP contribution < -0.4 is 0 Å². The molecule has 144 valence electrons. The number of allylic oxidation sites excluding steroid dienone is 5. The van der Waals surface area contributed by atoms with Crippen molar-refractivity contribution in [3.05, 3.63) is 120 Å². The smallest absolute Gasteiger partial charge is 0.0849 e. The van der Waals surface area contributed by atoms with E-state index in [1.807, 2.05) is 86.7 Å². The summed E-state index contributed by atoms with van der Waals surface area (Å²) in [4.78, 5) is 9.83. The topological polar surface area (TPSA) is 25.2 Å². The molecule has 0 aliphatic rings. The van der Waals surface area contributed by atoms with Crippen LogP contribution in [0.2, 0.25) is 0 Å². The molecule has 0 atom stereocenters. The van der Waals surface area contributed by atoms with Crippen LogP contribution in [0.3, 0.4) is 0 Å². The summed E-state index contributed by atoms with van der Waals surface area (Å²) in [5.74, 6) is 0. The molecule has 1 heterocycles. The van der Waals surface area contributed by atoms with Crippen LogP contribution in [0.15, 0.2) is 114 Å². The van der Waals surface area contributed by atoms with Gasteiger partial charge < -0.3 is 0 Å². The Kier molecular flexibility index (Phi) is 7.07. The first-order chi connectivity index (χ1) is 14.2. The molecular weight excluding hydrogens is 352 g/mol. The predicted molar refractivity (Wildman–Crippen MR) is 125 cm³/mol. The third-order valence-electron chi connectivity index (χ3n) is 4.54. The van der Waals surface area contributed by atoms with Gasteiger partial charge in [-0.2, -0.15) is 0 Å². The maximum Gasteiger partial charge on any atom is 0.0849 e. The first-order valence-electron chi connectivity index (χ1n) is 9.83. The van der Waals surface area contributed by atoms with Crippen molar-refractivity contribution in [1.82, 2.24) is 4.98 Å². The van der Waals surface area contributed by atoms with Crippen molar-refractivity contribution in [1.29, 1.82) is 0 Å². The number of hydrogen-bond donors (Lipinski definition) is 0. The Bertz CT molecular complexity index is 1060. The molecule has 2 aromatic carbocycles. The predicted octanol–water partition coefficient (Wildman–Crippen LogP) is 7.12.